The molecule has 0 saturated carbocycles. The quantitative estimate of drug-likeness (QED) is 0.0373. The molecule has 0 aromatic rings. The van der Waals surface area contributed by atoms with Gasteiger partial charge in [-0.15, -0.1) is 0 Å². The van der Waals surface area contributed by atoms with Gasteiger partial charge in [0, 0.05) is 12.8 Å². The van der Waals surface area contributed by atoms with Crippen LogP contribution in [-0.4, -0.2) is 36.4 Å². The molecule has 5 heteroatoms. The normalized spacial score (nSPS) is 13.4. The summed E-state index contributed by atoms with van der Waals surface area (Å²) in [5.41, 5.74) is 0. The molecule has 0 aliphatic heterocycles. The molecule has 0 aliphatic rings. The average molecular weight is 1180 g/mol. The molecule has 86 heavy (non-hydrogen) atoms. The van der Waals surface area contributed by atoms with Crippen LogP contribution in [0, 0.1) is 0 Å². The third-order valence-electron chi connectivity index (χ3n) is 14.7. The molecule has 1 unspecified atom stereocenters. The fourth-order valence-corrected chi connectivity index (χ4v) is 9.49. The summed E-state index contributed by atoms with van der Waals surface area (Å²) >= 11 is 0. The molecule has 0 aliphatic carbocycles. The minimum atomic E-state index is -0.790. The molecular weight excluding hydrogens is 1050 g/mol. The van der Waals surface area contributed by atoms with Gasteiger partial charge in [-0.05, 0) is 135 Å². The number of ether oxygens (including phenoxy) is 2. The Morgan fingerprint density at radius 1 is 0.267 bits per heavy atom. The Hall–Kier alpha value is -5.00. The highest BCUT2D eigenvalue weighted by atomic mass is 16.6. The standard InChI is InChI=1S/C81H130O5/c1-3-5-7-9-11-13-15-17-19-21-23-25-27-29-31-33-35-37-38-39-40-41-42-44-46-48-50-52-54-56-58-60-62-64-66-68-70-72-74-76-81(84)86-79(77-82)78-85-80(83)75-73-71-69-67-65-63-61-59-57-55-53-51-49-47-45-43-36-34-32-30-28-26-24-22-20-18-16-14-12-10-8-6-4-2/h5-8,11-14,17-20,23-26,29-32,35,37,39-40,42,44,48,50,54,56,79,82H,3-4,9-10,15-16,21-22,27-28,33-34,36,38,41,43,45-47,49,51-53,55,57-78H2,1-2H3/b7-5-,8-6-,13-11-,14-12-,19-17-,20-18-,25-23-,26-24-,31-29-,32-30-,37-35-,40-39-,44-42-,50-48-,56-54-. The molecule has 0 heterocycles. The van der Waals surface area contributed by atoms with E-state index in [1.54, 1.807) is 0 Å². The summed E-state index contributed by atoms with van der Waals surface area (Å²) in [6.07, 6.45) is 116. The Morgan fingerprint density at radius 2 is 0.465 bits per heavy atom. The first-order valence-corrected chi connectivity index (χ1v) is 35.3. The van der Waals surface area contributed by atoms with Gasteiger partial charge in [0.25, 0.3) is 0 Å². The first kappa shape index (κ1) is 81.0. The largest absolute Gasteiger partial charge is 0.462 e. The zero-order valence-electron chi connectivity index (χ0n) is 55.5. The average Bonchev–Trinajstić information content (AvgIpc) is 3.55. The maximum Gasteiger partial charge on any atom is 0.306 e. The van der Waals surface area contributed by atoms with Crippen molar-refractivity contribution in [1.82, 2.24) is 0 Å². The number of esters is 2. The van der Waals surface area contributed by atoms with Crippen LogP contribution in [0.4, 0.5) is 0 Å². The number of carbonyl (C=O) groups is 2. The van der Waals surface area contributed by atoms with Gasteiger partial charge in [-0.2, -0.15) is 0 Å². The smallest absolute Gasteiger partial charge is 0.306 e. The summed E-state index contributed by atoms with van der Waals surface area (Å²) in [7, 11) is 0. The molecule has 0 spiro atoms. The van der Waals surface area contributed by atoms with Crippen LogP contribution in [0.25, 0.3) is 0 Å². The van der Waals surface area contributed by atoms with Crippen molar-refractivity contribution in [2.75, 3.05) is 13.2 Å². The van der Waals surface area contributed by atoms with Gasteiger partial charge in [-0.1, -0.05) is 331 Å². The Bertz CT molecular complexity index is 1920. The Kier molecular flexibility index (Phi) is 69.9. The SMILES string of the molecule is CC/C=C\C/C=C\C/C=C\C/C=C\C/C=C\C/C=C\C/C=C\C/C=C\C/C=C\C/C=C\CCCCCCCCCCC(=O)OC(CO)COC(=O)CCCCCCCCCCCCCCCCCCC/C=C\C/C=C\C/C=C\C/C=C\C/C=C\CC. The van der Waals surface area contributed by atoms with E-state index >= 15 is 0 Å². The van der Waals surface area contributed by atoms with Crippen LogP contribution in [0.1, 0.15) is 296 Å². The van der Waals surface area contributed by atoms with E-state index in [4.69, 9.17) is 9.47 Å². The van der Waals surface area contributed by atoms with Gasteiger partial charge in [0.15, 0.2) is 6.10 Å². The van der Waals surface area contributed by atoms with Crippen molar-refractivity contribution < 1.29 is 24.2 Å². The fourth-order valence-electron chi connectivity index (χ4n) is 9.49. The summed E-state index contributed by atoms with van der Waals surface area (Å²) in [5.74, 6) is -0.603. The summed E-state index contributed by atoms with van der Waals surface area (Å²) < 4.78 is 10.8. The summed E-state index contributed by atoms with van der Waals surface area (Å²) in [5, 5.41) is 9.71. The lowest BCUT2D eigenvalue weighted by Crippen LogP contribution is -2.28. The van der Waals surface area contributed by atoms with Crippen LogP contribution in [0.2, 0.25) is 0 Å². The highest BCUT2D eigenvalue weighted by Crippen LogP contribution is 2.16. The van der Waals surface area contributed by atoms with Crippen molar-refractivity contribution in [3.05, 3.63) is 182 Å². The van der Waals surface area contributed by atoms with Crippen LogP contribution in [0.15, 0.2) is 182 Å². The molecule has 0 rings (SSSR count). The van der Waals surface area contributed by atoms with Crippen LogP contribution in [0.5, 0.6) is 0 Å². The van der Waals surface area contributed by atoms with E-state index in [0.29, 0.717) is 12.8 Å². The number of allylic oxidation sites excluding steroid dienone is 30. The van der Waals surface area contributed by atoms with Crippen molar-refractivity contribution in [2.45, 2.75) is 302 Å². The van der Waals surface area contributed by atoms with Gasteiger partial charge in [-0.25, -0.2) is 0 Å². The molecular formula is C81H130O5. The fraction of sp³-hybridized carbons (Fsp3) is 0.605. The third kappa shape index (κ3) is 71.5. The molecule has 0 bridgehead atoms. The Labute approximate surface area is 531 Å². The number of carbonyl (C=O) groups excluding carboxylic acids is 2. The monoisotopic (exact) mass is 1180 g/mol. The second-order valence-corrected chi connectivity index (χ2v) is 22.8. The number of unbranched alkanes of at least 4 members (excludes halogenated alkanes) is 25. The van der Waals surface area contributed by atoms with Gasteiger partial charge in [-0.3, -0.25) is 9.59 Å². The van der Waals surface area contributed by atoms with Gasteiger partial charge < -0.3 is 14.6 Å². The van der Waals surface area contributed by atoms with Gasteiger partial charge >= 0.3 is 11.9 Å². The lowest BCUT2D eigenvalue weighted by molar-refractivity contribution is -0.161. The molecule has 0 aromatic carbocycles. The van der Waals surface area contributed by atoms with Crippen LogP contribution in [-0.2, 0) is 19.1 Å². The molecule has 1 N–H and O–H groups in total. The van der Waals surface area contributed by atoms with Crippen molar-refractivity contribution in [2.24, 2.45) is 0 Å². The molecule has 0 saturated heterocycles. The van der Waals surface area contributed by atoms with Crippen molar-refractivity contribution >= 4 is 11.9 Å². The summed E-state index contributed by atoms with van der Waals surface area (Å²) in [6, 6.07) is 0. The van der Waals surface area contributed by atoms with Crippen molar-refractivity contribution in [3.8, 4) is 0 Å². The van der Waals surface area contributed by atoms with E-state index in [2.05, 4.69) is 196 Å². The third-order valence-corrected chi connectivity index (χ3v) is 14.7. The molecule has 0 fully saturated rings. The van der Waals surface area contributed by atoms with Crippen LogP contribution in [0.3, 0.4) is 0 Å². The first-order valence-electron chi connectivity index (χ1n) is 35.3. The number of aliphatic hydroxyl groups excluding tert-OH is 1. The zero-order valence-corrected chi connectivity index (χ0v) is 55.5. The van der Waals surface area contributed by atoms with Gasteiger partial charge in [0.05, 0.1) is 6.61 Å². The van der Waals surface area contributed by atoms with E-state index in [9.17, 15) is 14.7 Å². The lowest BCUT2D eigenvalue weighted by Gasteiger charge is -2.15. The number of rotatable bonds is 63. The van der Waals surface area contributed by atoms with E-state index in [1.807, 2.05) is 0 Å². The summed E-state index contributed by atoms with van der Waals surface area (Å²) in [4.78, 5) is 24.7. The molecule has 1 atom stereocenters. The highest BCUT2D eigenvalue weighted by molar-refractivity contribution is 5.70. The molecule has 484 valence electrons. The van der Waals surface area contributed by atoms with Crippen molar-refractivity contribution in [3.63, 3.8) is 0 Å². The van der Waals surface area contributed by atoms with Crippen LogP contribution >= 0.6 is 0 Å². The predicted molar refractivity (Wildman–Crippen MR) is 380 cm³/mol. The maximum absolute atomic E-state index is 12.4. The highest BCUT2D eigenvalue weighted by Gasteiger charge is 2.16. The first-order chi connectivity index (χ1) is 42.6. The van der Waals surface area contributed by atoms with E-state index in [-0.39, 0.29) is 25.2 Å². The predicted octanol–water partition coefficient (Wildman–Crippen LogP) is 25.0. The van der Waals surface area contributed by atoms with Crippen LogP contribution < -0.4 is 0 Å². The van der Waals surface area contributed by atoms with E-state index in [1.165, 1.54) is 128 Å². The molecule has 0 amide bonds. The zero-order chi connectivity index (χ0) is 61.9. The number of hydrogen-bond acceptors (Lipinski definition) is 5. The molecule has 0 aromatic heterocycles. The topological polar surface area (TPSA) is 72.8 Å². The summed E-state index contributed by atoms with van der Waals surface area (Å²) in [6.45, 7) is 3.91. The van der Waals surface area contributed by atoms with Gasteiger partial charge in [0.1, 0.15) is 6.61 Å². The maximum atomic E-state index is 12.4. The number of aliphatic hydroxyl groups is 1. The van der Waals surface area contributed by atoms with E-state index < -0.39 is 6.10 Å². The molecule has 5 nitrogen and oxygen atoms in total. The molecule has 0 radical (unpaired) electrons. The number of hydrogen-bond donors (Lipinski definition) is 1. The van der Waals surface area contributed by atoms with Gasteiger partial charge in [0.2, 0.25) is 0 Å². The minimum Gasteiger partial charge on any atom is -0.462 e. The van der Waals surface area contributed by atoms with Crippen molar-refractivity contribution in [1.29, 1.82) is 0 Å². The minimum absolute atomic E-state index is 0.0774. The van der Waals surface area contributed by atoms with E-state index in [0.717, 1.165) is 141 Å². The Morgan fingerprint density at radius 3 is 0.698 bits per heavy atom. The second kappa shape index (κ2) is 74.3. The Balaban J connectivity index is 3.56. The lowest BCUT2D eigenvalue weighted by atomic mass is 10.0. The second-order valence-electron chi connectivity index (χ2n) is 22.8.